The number of hydrogen-bond donors (Lipinski definition) is 1. The maximum Gasteiger partial charge on any atom is 0.416 e. The van der Waals surface area contributed by atoms with E-state index in [2.05, 4.69) is 15.9 Å². The average molecular weight is 448 g/mol. The van der Waals surface area contributed by atoms with E-state index in [0.717, 1.165) is 17.7 Å². The zero-order valence-electron chi connectivity index (χ0n) is 14.4. The molecule has 3 nitrogen and oxygen atoms in total. The number of carbonyl (C=O) groups excluding carboxylic acids is 1. The number of benzene rings is 2. The summed E-state index contributed by atoms with van der Waals surface area (Å²) < 4.78 is 52.2. The lowest BCUT2D eigenvalue weighted by Crippen LogP contribution is -2.31. The minimum Gasteiger partial charge on any atom is -0.396 e. The standard InChI is InChI=1S/C19H18BrF4NO2/c1-25(11-13(6-7-26)12-2-4-17(21)5-3-12)18(27)14-8-15(19(22,23)24)10-16(20)9-14/h2-5,8-10,13,26H,6-7,11H2,1H3/t13-/m1/s1. The van der Waals surface area contributed by atoms with E-state index in [9.17, 15) is 27.5 Å². The van der Waals surface area contributed by atoms with Gasteiger partial charge in [0.25, 0.3) is 5.91 Å². The predicted octanol–water partition coefficient (Wildman–Crippen LogP) is 4.85. The molecule has 0 unspecified atom stereocenters. The van der Waals surface area contributed by atoms with Crippen molar-refractivity contribution in [2.45, 2.75) is 18.5 Å². The van der Waals surface area contributed by atoms with Crippen LogP contribution in [0.5, 0.6) is 0 Å². The number of rotatable bonds is 6. The van der Waals surface area contributed by atoms with Crippen LogP contribution >= 0.6 is 15.9 Å². The highest BCUT2D eigenvalue weighted by Crippen LogP contribution is 2.32. The summed E-state index contributed by atoms with van der Waals surface area (Å²) in [6.45, 7) is 0.0259. The summed E-state index contributed by atoms with van der Waals surface area (Å²) in [5.74, 6) is -1.26. The van der Waals surface area contributed by atoms with Crippen LogP contribution in [0.2, 0.25) is 0 Å². The van der Waals surface area contributed by atoms with E-state index in [1.165, 1.54) is 30.1 Å². The Morgan fingerprint density at radius 2 is 1.81 bits per heavy atom. The van der Waals surface area contributed by atoms with E-state index in [1.807, 2.05) is 0 Å². The minimum atomic E-state index is -4.56. The molecule has 27 heavy (non-hydrogen) atoms. The van der Waals surface area contributed by atoms with Gasteiger partial charge >= 0.3 is 6.18 Å². The highest BCUT2D eigenvalue weighted by molar-refractivity contribution is 9.10. The second kappa shape index (κ2) is 8.84. The zero-order chi connectivity index (χ0) is 20.2. The second-order valence-electron chi connectivity index (χ2n) is 6.17. The van der Waals surface area contributed by atoms with Gasteiger partial charge in [-0.3, -0.25) is 4.79 Å². The van der Waals surface area contributed by atoms with Gasteiger partial charge in [0.05, 0.1) is 5.56 Å². The van der Waals surface area contributed by atoms with E-state index >= 15 is 0 Å². The fourth-order valence-corrected chi connectivity index (χ4v) is 3.26. The number of nitrogens with zero attached hydrogens (tertiary/aromatic N) is 1. The SMILES string of the molecule is CN(C[C@@H](CCO)c1ccc(F)cc1)C(=O)c1cc(Br)cc(C(F)(F)F)c1. The van der Waals surface area contributed by atoms with E-state index in [1.54, 1.807) is 12.1 Å². The number of aliphatic hydroxyl groups is 1. The Morgan fingerprint density at radius 3 is 2.37 bits per heavy atom. The van der Waals surface area contributed by atoms with Crippen LogP contribution in [0.1, 0.15) is 33.8 Å². The molecule has 2 aromatic carbocycles. The Kier molecular flexibility index (Phi) is 7.00. The largest absolute Gasteiger partial charge is 0.416 e. The number of likely N-dealkylation sites (N-methyl/N-ethyl adjacent to an activating group) is 1. The Bertz CT molecular complexity index is 793. The first-order chi connectivity index (χ1) is 12.6. The maximum atomic E-state index is 13.1. The van der Waals surface area contributed by atoms with Crippen LogP contribution in [0.4, 0.5) is 17.6 Å². The van der Waals surface area contributed by atoms with E-state index in [4.69, 9.17) is 0 Å². The first-order valence-corrected chi connectivity index (χ1v) is 8.90. The van der Waals surface area contributed by atoms with Gasteiger partial charge in [-0.25, -0.2) is 4.39 Å². The fourth-order valence-electron chi connectivity index (χ4n) is 2.76. The van der Waals surface area contributed by atoms with Crippen LogP contribution < -0.4 is 0 Å². The Labute approximate surface area is 162 Å². The van der Waals surface area contributed by atoms with Crippen molar-refractivity contribution in [2.24, 2.45) is 0 Å². The van der Waals surface area contributed by atoms with E-state index in [-0.39, 0.29) is 29.1 Å². The fraction of sp³-hybridized carbons (Fsp3) is 0.316. The summed E-state index contributed by atoms with van der Waals surface area (Å²) in [6, 6.07) is 8.74. The second-order valence-corrected chi connectivity index (χ2v) is 7.09. The molecule has 0 saturated carbocycles. The summed E-state index contributed by atoms with van der Waals surface area (Å²) in [5, 5.41) is 9.27. The van der Waals surface area contributed by atoms with Gasteiger partial charge in [0.15, 0.2) is 0 Å². The molecule has 1 N–H and O–H groups in total. The topological polar surface area (TPSA) is 40.5 Å². The highest BCUT2D eigenvalue weighted by Gasteiger charge is 2.32. The van der Waals surface area contributed by atoms with Crippen molar-refractivity contribution in [3.8, 4) is 0 Å². The zero-order valence-corrected chi connectivity index (χ0v) is 16.0. The van der Waals surface area contributed by atoms with Gasteiger partial charge in [0.1, 0.15) is 5.82 Å². The summed E-state index contributed by atoms with van der Waals surface area (Å²) in [7, 11) is 1.48. The molecule has 0 fully saturated rings. The third-order valence-electron chi connectivity index (χ3n) is 4.13. The lowest BCUT2D eigenvalue weighted by molar-refractivity contribution is -0.137. The molecule has 1 amide bonds. The van der Waals surface area contributed by atoms with Crippen molar-refractivity contribution >= 4 is 21.8 Å². The molecular formula is C19H18BrF4NO2. The summed E-state index contributed by atoms with van der Waals surface area (Å²) >= 11 is 3.00. The van der Waals surface area contributed by atoms with Crippen LogP contribution in [0, 0.1) is 5.82 Å². The van der Waals surface area contributed by atoms with E-state index < -0.39 is 23.5 Å². The van der Waals surface area contributed by atoms with Crippen LogP contribution in [0.3, 0.4) is 0 Å². The number of amides is 1. The third kappa shape index (κ3) is 5.77. The third-order valence-corrected chi connectivity index (χ3v) is 4.59. The van der Waals surface area contributed by atoms with Crippen molar-refractivity contribution < 1.29 is 27.5 Å². The van der Waals surface area contributed by atoms with Crippen LogP contribution in [0.15, 0.2) is 46.9 Å². The molecule has 2 aromatic rings. The first kappa shape index (κ1) is 21.4. The van der Waals surface area contributed by atoms with Crippen molar-refractivity contribution in [1.29, 1.82) is 0 Å². The molecule has 0 aliphatic carbocycles. The number of carbonyl (C=O) groups is 1. The molecule has 8 heteroatoms. The molecule has 2 rings (SSSR count). The number of alkyl halides is 3. The van der Waals surface area contributed by atoms with Crippen molar-refractivity contribution in [3.63, 3.8) is 0 Å². The highest BCUT2D eigenvalue weighted by atomic mass is 79.9. The van der Waals surface area contributed by atoms with Gasteiger partial charge in [0.2, 0.25) is 0 Å². The molecule has 1 atom stereocenters. The lowest BCUT2D eigenvalue weighted by atomic mass is 9.95. The van der Waals surface area contributed by atoms with Crippen molar-refractivity contribution in [3.05, 3.63) is 69.4 Å². The molecule has 0 saturated heterocycles. The quantitative estimate of drug-likeness (QED) is 0.643. The Morgan fingerprint density at radius 1 is 1.19 bits per heavy atom. The average Bonchev–Trinajstić information content (AvgIpc) is 2.60. The van der Waals surface area contributed by atoms with Gasteiger partial charge in [-0.15, -0.1) is 0 Å². The van der Waals surface area contributed by atoms with Crippen LogP contribution in [0.25, 0.3) is 0 Å². The monoisotopic (exact) mass is 447 g/mol. The molecule has 0 aliphatic rings. The van der Waals surface area contributed by atoms with Gasteiger partial charge in [-0.1, -0.05) is 28.1 Å². The molecular weight excluding hydrogens is 430 g/mol. The molecule has 0 heterocycles. The summed E-state index contributed by atoms with van der Waals surface area (Å²) in [4.78, 5) is 13.9. The van der Waals surface area contributed by atoms with Crippen molar-refractivity contribution in [2.75, 3.05) is 20.2 Å². The van der Waals surface area contributed by atoms with Crippen LogP contribution in [-0.4, -0.2) is 36.1 Å². The number of halogens is 5. The minimum absolute atomic E-state index is 0.0962. The van der Waals surface area contributed by atoms with Gasteiger partial charge < -0.3 is 10.0 Å². The lowest BCUT2D eigenvalue weighted by Gasteiger charge is -2.25. The normalized spacial score (nSPS) is 12.7. The number of hydrogen-bond acceptors (Lipinski definition) is 2. The van der Waals surface area contributed by atoms with Gasteiger partial charge in [-0.05, 0) is 42.3 Å². The maximum absolute atomic E-state index is 13.1. The molecule has 0 aliphatic heterocycles. The van der Waals surface area contributed by atoms with Gasteiger partial charge in [-0.2, -0.15) is 13.2 Å². The Balaban J connectivity index is 2.22. The first-order valence-electron chi connectivity index (χ1n) is 8.11. The Hall–Kier alpha value is -1.93. The summed E-state index contributed by atoms with van der Waals surface area (Å²) in [6.07, 6.45) is -4.24. The van der Waals surface area contributed by atoms with Gasteiger partial charge in [0, 0.05) is 36.2 Å². The summed E-state index contributed by atoms with van der Waals surface area (Å²) in [5.41, 5.74) is -0.282. The predicted molar refractivity (Wildman–Crippen MR) is 96.9 cm³/mol. The van der Waals surface area contributed by atoms with E-state index in [0.29, 0.717) is 6.42 Å². The van der Waals surface area contributed by atoms with Crippen molar-refractivity contribution in [1.82, 2.24) is 4.90 Å². The van der Waals surface area contributed by atoms with Crippen LogP contribution in [-0.2, 0) is 6.18 Å². The molecule has 0 spiro atoms. The number of aliphatic hydroxyl groups excluding tert-OH is 1. The molecule has 0 bridgehead atoms. The smallest absolute Gasteiger partial charge is 0.396 e. The molecule has 0 aromatic heterocycles. The molecule has 0 radical (unpaired) electrons. The molecule has 146 valence electrons.